The zero-order valence-corrected chi connectivity index (χ0v) is 12.3. The number of rotatable bonds is 4. The Kier molecular flexibility index (Phi) is 4.70. The van der Waals surface area contributed by atoms with Crippen molar-refractivity contribution in [2.75, 3.05) is 7.05 Å². The Morgan fingerprint density at radius 2 is 1.84 bits per heavy atom. The van der Waals surface area contributed by atoms with Crippen molar-refractivity contribution >= 4 is 23.2 Å². The number of hydrogen-bond acceptors (Lipinski definition) is 2. The number of ether oxygens (including phenoxy) is 1. The molecule has 0 heterocycles. The molecule has 19 heavy (non-hydrogen) atoms. The van der Waals surface area contributed by atoms with Gasteiger partial charge >= 0.3 is 0 Å². The Morgan fingerprint density at radius 3 is 2.58 bits per heavy atom. The summed E-state index contributed by atoms with van der Waals surface area (Å²) in [5.41, 5.74) is 2.01. The highest BCUT2D eigenvalue weighted by molar-refractivity contribution is 6.32. The Labute approximate surface area is 123 Å². The molecule has 0 amide bonds. The van der Waals surface area contributed by atoms with Gasteiger partial charge in [0.25, 0.3) is 0 Å². The number of hydrogen-bond donors (Lipinski definition) is 1. The van der Waals surface area contributed by atoms with Crippen LogP contribution in [-0.2, 0) is 6.54 Å². The van der Waals surface area contributed by atoms with E-state index in [1.165, 1.54) is 0 Å². The molecule has 0 bridgehead atoms. The minimum atomic E-state index is 0.584. The molecular weight excluding hydrogens is 281 g/mol. The second-order valence-corrected chi connectivity index (χ2v) is 5.10. The van der Waals surface area contributed by atoms with Gasteiger partial charge in [0, 0.05) is 17.1 Å². The summed E-state index contributed by atoms with van der Waals surface area (Å²) in [5.74, 6) is 1.36. The van der Waals surface area contributed by atoms with Crippen LogP contribution in [0.5, 0.6) is 11.5 Å². The average Bonchev–Trinajstić information content (AvgIpc) is 2.38. The fourth-order valence-electron chi connectivity index (χ4n) is 1.79. The normalized spacial score (nSPS) is 10.5. The smallest absolute Gasteiger partial charge is 0.146 e. The van der Waals surface area contributed by atoms with E-state index in [2.05, 4.69) is 5.32 Å². The summed E-state index contributed by atoms with van der Waals surface area (Å²) >= 11 is 12.3. The number of halogens is 2. The van der Waals surface area contributed by atoms with E-state index in [1.807, 2.05) is 50.4 Å². The predicted molar refractivity (Wildman–Crippen MR) is 80.5 cm³/mol. The van der Waals surface area contributed by atoms with Crippen LogP contribution in [-0.4, -0.2) is 7.05 Å². The van der Waals surface area contributed by atoms with Gasteiger partial charge in [-0.25, -0.2) is 0 Å². The summed E-state index contributed by atoms with van der Waals surface area (Å²) in [5, 5.41) is 4.34. The van der Waals surface area contributed by atoms with Gasteiger partial charge in [0.05, 0.1) is 5.02 Å². The van der Waals surface area contributed by atoms with Crippen LogP contribution in [0.15, 0.2) is 36.4 Å². The molecule has 0 saturated carbocycles. The van der Waals surface area contributed by atoms with E-state index in [4.69, 9.17) is 27.9 Å². The van der Waals surface area contributed by atoms with Crippen LogP contribution in [0.2, 0.25) is 10.0 Å². The van der Waals surface area contributed by atoms with E-state index in [1.54, 1.807) is 0 Å². The van der Waals surface area contributed by atoms with Gasteiger partial charge in [-0.2, -0.15) is 0 Å². The first kappa shape index (κ1) is 14.2. The topological polar surface area (TPSA) is 21.3 Å². The highest BCUT2D eigenvalue weighted by Gasteiger charge is 2.10. The van der Waals surface area contributed by atoms with Gasteiger partial charge in [-0.05, 0) is 43.8 Å². The van der Waals surface area contributed by atoms with Crippen LogP contribution < -0.4 is 10.1 Å². The Bertz CT molecular complexity index is 584. The van der Waals surface area contributed by atoms with Crippen LogP contribution in [0, 0.1) is 6.92 Å². The van der Waals surface area contributed by atoms with Crippen molar-refractivity contribution in [3.63, 3.8) is 0 Å². The van der Waals surface area contributed by atoms with E-state index in [0.29, 0.717) is 28.1 Å². The molecule has 4 heteroatoms. The first-order valence-corrected chi connectivity index (χ1v) is 6.73. The minimum absolute atomic E-state index is 0.584. The maximum absolute atomic E-state index is 6.19. The quantitative estimate of drug-likeness (QED) is 0.874. The highest BCUT2D eigenvalue weighted by Crippen LogP contribution is 2.34. The largest absolute Gasteiger partial charge is 0.455 e. The van der Waals surface area contributed by atoms with Gasteiger partial charge in [-0.1, -0.05) is 35.3 Å². The van der Waals surface area contributed by atoms with Crippen molar-refractivity contribution in [1.82, 2.24) is 5.32 Å². The molecule has 2 nitrogen and oxygen atoms in total. The third-order valence-corrected chi connectivity index (χ3v) is 3.40. The first-order chi connectivity index (χ1) is 9.11. The van der Waals surface area contributed by atoms with E-state index in [-0.39, 0.29) is 0 Å². The molecule has 0 spiro atoms. The van der Waals surface area contributed by atoms with Crippen molar-refractivity contribution in [2.45, 2.75) is 13.5 Å². The summed E-state index contributed by atoms with van der Waals surface area (Å²) in [6.07, 6.45) is 0. The van der Waals surface area contributed by atoms with Crippen LogP contribution >= 0.6 is 23.2 Å². The second kappa shape index (κ2) is 6.29. The zero-order chi connectivity index (χ0) is 13.8. The molecule has 0 aliphatic heterocycles. The highest BCUT2D eigenvalue weighted by atomic mass is 35.5. The lowest BCUT2D eigenvalue weighted by atomic mass is 10.2. The van der Waals surface area contributed by atoms with Gasteiger partial charge in [0.2, 0.25) is 0 Å². The molecule has 0 aliphatic carbocycles. The first-order valence-electron chi connectivity index (χ1n) is 5.98. The molecule has 2 aromatic carbocycles. The molecule has 0 unspecified atom stereocenters. The van der Waals surface area contributed by atoms with E-state index < -0.39 is 0 Å². The molecule has 2 aromatic rings. The average molecular weight is 296 g/mol. The SMILES string of the molecule is CNCc1c(Cl)cccc1Oc1cc(C)ccc1Cl. The standard InChI is InChI=1S/C15H15Cl2NO/c1-10-6-7-13(17)15(8-10)19-14-5-3-4-12(16)11(14)9-18-2/h3-8,18H,9H2,1-2H3. The minimum Gasteiger partial charge on any atom is -0.455 e. The molecular formula is C15H15Cl2NO. The van der Waals surface area contributed by atoms with E-state index >= 15 is 0 Å². The lowest BCUT2D eigenvalue weighted by molar-refractivity contribution is 0.474. The van der Waals surface area contributed by atoms with Crippen molar-refractivity contribution in [3.8, 4) is 11.5 Å². The van der Waals surface area contributed by atoms with E-state index in [9.17, 15) is 0 Å². The molecule has 2 rings (SSSR count). The zero-order valence-electron chi connectivity index (χ0n) is 10.8. The summed E-state index contributed by atoms with van der Waals surface area (Å²) < 4.78 is 5.90. The lowest BCUT2D eigenvalue weighted by Gasteiger charge is -2.13. The number of benzene rings is 2. The molecule has 1 N–H and O–H groups in total. The van der Waals surface area contributed by atoms with Gasteiger partial charge in [-0.15, -0.1) is 0 Å². The maximum atomic E-state index is 6.19. The molecule has 0 saturated heterocycles. The summed E-state index contributed by atoms with van der Waals surface area (Å²) in [6.45, 7) is 2.63. The van der Waals surface area contributed by atoms with Gasteiger partial charge in [0.15, 0.2) is 0 Å². The number of nitrogens with one attached hydrogen (secondary N) is 1. The van der Waals surface area contributed by atoms with Gasteiger partial charge in [-0.3, -0.25) is 0 Å². The third-order valence-electron chi connectivity index (χ3n) is 2.74. The molecule has 0 aliphatic rings. The fourth-order valence-corrected chi connectivity index (χ4v) is 2.18. The Hall–Kier alpha value is -1.22. The molecule has 0 atom stereocenters. The van der Waals surface area contributed by atoms with Crippen molar-refractivity contribution in [3.05, 3.63) is 57.6 Å². The van der Waals surface area contributed by atoms with Crippen LogP contribution in [0.1, 0.15) is 11.1 Å². The second-order valence-electron chi connectivity index (χ2n) is 4.28. The fraction of sp³-hybridized carbons (Fsp3) is 0.200. The molecule has 0 radical (unpaired) electrons. The molecule has 0 fully saturated rings. The van der Waals surface area contributed by atoms with Crippen molar-refractivity contribution in [1.29, 1.82) is 0 Å². The third kappa shape index (κ3) is 3.41. The molecule has 100 valence electrons. The van der Waals surface area contributed by atoms with Crippen LogP contribution in [0.3, 0.4) is 0 Å². The van der Waals surface area contributed by atoms with E-state index in [0.717, 1.165) is 11.1 Å². The maximum Gasteiger partial charge on any atom is 0.146 e. The van der Waals surface area contributed by atoms with Crippen molar-refractivity contribution < 1.29 is 4.74 Å². The molecule has 0 aromatic heterocycles. The van der Waals surface area contributed by atoms with Gasteiger partial charge in [0.1, 0.15) is 11.5 Å². The lowest BCUT2D eigenvalue weighted by Crippen LogP contribution is -2.07. The summed E-state index contributed by atoms with van der Waals surface area (Å²) in [4.78, 5) is 0. The number of aryl methyl sites for hydroxylation is 1. The van der Waals surface area contributed by atoms with Gasteiger partial charge < -0.3 is 10.1 Å². The Morgan fingerprint density at radius 1 is 1.05 bits per heavy atom. The Balaban J connectivity index is 2.37. The van der Waals surface area contributed by atoms with Crippen molar-refractivity contribution in [2.24, 2.45) is 0 Å². The van der Waals surface area contributed by atoms with Crippen LogP contribution in [0.25, 0.3) is 0 Å². The predicted octanol–water partition coefficient (Wildman–Crippen LogP) is 4.81. The summed E-state index contributed by atoms with van der Waals surface area (Å²) in [7, 11) is 1.87. The summed E-state index contributed by atoms with van der Waals surface area (Å²) in [6, 6.07) is 11.3. The monoisotopic (exact) mass is 295 g/mol. The van der Waals surface area contributed by atoms with Crippen LogP contribution in [0.4, 0.5) is 0 Å².